The molecule has 1 rings (SSSR count). The van der Waals surface area contributed by atoms with E-state index in [1.165, 1.54) is 0 Å². The number of hydrogen-bond acceptors (Lipinski definition) is 2. The van der Waals surface area contributed by atoms with E-state index in [-0.39, 0.29) is 10.7 Å². The van der Waals surface area contributed by atoms with Gasteiger partial charge in [-0.25, -0.2) is 4.79 Å². The Hall–Kier alpha value is -0.810. The van der Waals surface area contributed by atoms with Gasteiger partial charge in [-0.3, -0.25) is 0 Å². The maximum Gasteiger partial charge on any atom is 0.317 e. The average Bonchev–Trinajstić information content (AvgIpc) is 2.03. The summed E-state index contributed by atoms with van der Waals surface area (Å²) >= 11 is 0. The highest BCUT2D eigenvalue weighted by Gasteiger charge is 2.23. The molecule has 70 valence electrons. The van der Waals surface area contributed by atoms with Crippen molar-refractivity contribution in [3.05, 3.63) is 5.21 Å². The molecular weight excluding hydrogens is 158 g/mol. The quantitative estimate of drug-likeness (QED) is 0.400. The molecule has 0 radical (unpaired) electrons. The van der Waals surface area contributed by atoms with Crippen LogP contribution in [0.5, 0.6) is 0 Å². The van der Waals surface area contributed by atoms with Gasteiger partial charge in [0, 0.05) is 7.05 Å². The van der Waals surface area contributed by atoms with Gasteiger partial charge in [-0.2, -0.15) is 0 Å². The van der Waals surface area contributed by atoms with E-state index >= 15 is 0 Å². The number of carbonyl (C=O) groups is 1. The molecule has 0 aromatic carbocycles. The number of carbonyl (C=O) groups excluding carboxylic acids is 1. The van der Waals surface area contributed by atoms with Crippen molar-refractivity contribution in [1.29, 1.82) is 0 Å². The number of urea groups is 1. The molecule has 0 aliphatic carbocycles. The molecule has 0 saturated carbocycles. The van der Waals surface area contributed by atoms with E-state index in [2.05, 4.69) is 5.32 Å². The Morgan fingerprint density at radius 3 is 2.42 bits per heavy atom. The summed E-state index contributed by atoms with van der Waals surface area (Å²) < 4.78 is -0.229. The van der Waals surface area contributed by atoms with Crippen molar-refractivity contribution in [3.8, 4) is 0 Å². The second kappa shape index (κ2) is 3.28. The predicted octanol–water partition coefficient (Wildman–Crippen LogP) is -0.414. The van der Waals surface area contributed by atoms with Crippen LogP contribution in [0, 0.1) is 5.21 Å². The fraction of sp³-hybridized carbons (Fsp3) is 0.857. The Bertz CT molecular complexity index is 171. The molecule has 0 spiro atoms. The third-order valence-electron chi connectivity index (χ3n) is 2.19. The van der Waals surface area contributed by atoms with Gasteiger partial charge in [-0.1, -0.05) is 0 Å². The van der Waals surface area contributed by atoms with E-state index in [9.17, 15) is 10.0 Å². The van der Waals surface area contributed by atoms with Crippen LogP contribution in [-0.2, 0) is 0 Å². The van der Waals surface area contributed by atoms with Crippen molar-refractivity contribution in [3.63, 3.8) is 0 Å². The smallest absolute Gasteiger partial charge is 0.317 e. The Balaban J connectivity index is 2.41. The average molecular weight is 173 g/mol. The van der Waals surface area contributed by atoms with Gasteiger partial charge in [0.1, 0.15) is 0 Å². The predicted molar refractivity (Wildman–Crippen MR) is 45.3 cm³/mol. The molecule has 0 aromatic heterocycles. The second-order valence-corrected chi connectivity index (χ2v) is 3.29. The third-order valence-corrected chi connectivity index (χ3v) is 2.19. The van der Waals surface area contributed by atoms with E-state index in [0.29, 0.717) is 26.2 Å². The minimum atomic E-state index is -0.229. The largest absolute Gasteiger partial charge is 0.633 e. The number of nitrogens with one attached hydrogen (secondary N) is 1. The van der Waals surface area contributed by atoms with Gasteiger partial charge in [0.25, 0.3) is 0 Å². The van der Waals surface area contributed by atoms with Gasteiger partial charge < -0.3 is 20.1 Å². The number of likely N-dealkylation sites (N-methyl/N-ethyl adjacent to an activating group) is 1. The van der Waals surface area contributed by atoms with Gasteiger partial charge in [-0.05, 0) is 0 Å². The molecule has 1 fully saturated rings. The zero-order valence-electron chi connectivity index (χ0n) is 7.54. The van der Waals surface area contributed by atoms with Crippen molar-refractivity contribution in [2.75, 3.05) is 40.3 Å². The van der Waals surface area contributed by atoms with Crippen LogP contribution >= 0.6 is 0 Å². The minimum Gasteiger partial charge on any atom is -0.633 e. The molecule has 1 N–H and O–H groups in total. The van der Waals surface area contributed by atoms with Gasteiger partial charge in [0.2, 0.25) is 0 Å². The molecule has 1 heterocycles. The molecule has 1 saturated heterocycles. The van der Waals surface area contributed by atoms with Crippen molar-refractivity contribution < 1.29 is 9.44 Å². The first kappa shape index (κ1) is 9.28. The molecule has 12 heavy (non-hydrogen) atoms. The topological polar surface area (TPSA) is 55.4 Å². The summed E-state index contributed by atoms with van der Waals surface area (Å²) in [6.45, 7) is 2.10. The molecule has 0 aromatic rings. The Kier molecular flexibility index (Phi) is 2.54. The Morgan fingerprint density at radius 1 is 1.50 bits per heavy atom. The van der Waals surface area contributed by atoms with Crippen LogP contribution in [-0.4, -0.2) is 55.9 Å². The molecule has 5 nitrogen and oxygen atoms in total. The highest BCUT2D eigenvalue weighted by molar-refractivity contribution is 5.73. The van der Waals surface area contributed by atoms with E-state index in [1.54, 1.807) is 19.0 Å². The highest BCUT2D eigenvalue weighted by atomic mass is 16.5. The second-order valence-electron chi connectivity index (χ2n) is 3.29. The first-order chi connectivity index (χ1) is 5.55. The number of rotatable bonds is 0. The van der Waals surface area contributed by atoms with Crippen LogP contribution in [0.15, 0.2) is 0 Å². The lowest BCUT2D eigenvalue weighted by Gasteiger charge is -2.44. The van der Waals surface area contributed by atoms with Crippen molar-refractivity contribution in [1.82, 2.24) is 10.2 Å². The highest BCUT2D eigenvalue weighted by Crippen LogP contribution is 2.07. The first-order valence-corrected chi connectivity index (χ1v) is 4.07. The molecule has 0 atom stereocenters. The molecule has 0 unspecified atom stereocenters. The molecule has 1 aliphatic heterocycles. The van der Waals surface area contributed by atoms with Crippen LogP contribution in [0.3, 0.4) is 0 Å². The number of quaternary nitrogens is 1. The Labute approximate surface area is 72.1 Å². The summed E-state index contributed by atoms with van der Waals surface area (Å²) in [6, 6.07) is -0.0882. The fourth-order valence-corrected chi connectivity index (χ4v) is 1.25. The minimum absolute atomic E-state index is 0.0882. The summed E-state index contributed by atoms with van der Waals surface area (Å²) in [5.74, 6) is 0. The number of amides is 2. The lowest BCUT2D eigenvalue weighted by Crippen LogP contribution is -2.56. The fourth-order valence-electron chi connectivity index (χ4n) is 1.25. The summed E-state index contributed by atoms with van der Waals surface area (Å²) in [7, 11) is 3.24. The summed E-state index contributed by atoms with van der Waals surface area (Å²) in [5.41, 5.74) is 0. The normalized spacial score (nSPS) is 22.1. The van der Waals surface area contributed by atoms with E-state index in [0.717, 1.165) is 0 Å². The molecule has 1 aliphatic rings. The maximum atomic E-state index is 11.4. The summed E-state index contributed by atoms with van der Waals surface area (Å²) in [5, 5.41) is 13.9. The Morgan fingerprint density at radius 2 is 2.00 bits per heavy atom. The SMILES string of the molecule is CNC(=O)N1CC[N+](C)([O-])CC1. The van der Waals surface area contributed by atoms with Crippen LogP contribution in [0.4, 0.5) is 4.79 Å². The number of hydrogen-bond donors (Lipinski definition) is 1. The van der Waals surface area contributed by atoms with Gasteiger partial charge >= 0.3 is 6.03 Å². The molecule has 5 heteroatoms. The van der Waals surface area contributed by atoms with Crippen LogP contribution in [0.2, 0.25) is 0 Å². The molecular formula is C7H15N3O2. The van der Waals surface area contributed by atoms with Crippen molar-refractivity contribution in [2.45, 2.75) is 0 Å². The lowest BCUT2D eigenvalue weighted by atomic mass is 10.3. The lowest BCUT2D eigenvalue weighted by molar-refractivity contribution is -0.864. The zero-order valence-corrected chi connectivity index (χ0v) is 7.54. The van der Waals surface area contributed by atoms with E-state index in [4.69, 9.17) is 0 Å². The zero-order chi connectivity index (χ0) is 9.19. The summed E-state index contributed by atoms with van der Waals surface area (Å²) in [6.07, 6.45) is 0. The number of piperazine rings is 1. The number of hydroxylamine groups is 3. The van der Waals surface area contributed by atoms with Crippen LogP contribution in [0.1, 0.15) is 0 Å². The van der Waals surface area contributed by atoms with Crippen LogP contribution < -0.4 is 5.32 Å². The van der Waals surface area contributed by atoms with Gasteiger partial charge in [-0.15, -0.1) is 0 Å². The first-order valence-electron chi connectivity index (χ1n) is 4.07. The van der Waals surface area contributed by atoms with Crippen molar-refractivity contribution >= 4 is 6.03 Å². The molecule has 2 amide bonds. The van der Waals surface area contributed by atoms with Crippen LogP contribution in [0.25, 0.3) is 0 Å². The number of nitrogens with zero attached hydrogens (tertiary/aromatic N) is 2. The summed E-state index contributed by atoms with van der Waals surface area (Å²) in [4.78, 5) is 12.7. The van der Waals surface area contributed by atoms with E-state index in [1.807, 2.05) is 0 Å². The van der Waals surface area contributed by atoms with Gasteiger partial charge in [0.15, 0.2) is 0 Å². The monoisotopic (exact) mass is 173 g/mol. The third kappa shape index (κ3) is 2.09. The van der Waals surface area contributed by atoms with E-state index < -0.39 is 0 Å². The molecule has 0 bridgehead atoms. The maximum absolute atomic E-state index is 11.4. The van der Waals surface area contributed by atoms with Crippen molar-refractivity contribution in [2.24, 2.45) is 0 Å². The standard InChI is InChI=1S/C7H15N3O2/c1-8-7(11)9-3-5-10(2,12)6-4-9/h3-6H2,1-2H3,(H,8,11). The van der Waals surface area contributed by atoms with Gasteiger partial charge in [0.05, 0.1) is 33.2 Å².